The van der Waals surface area contributed by atoms with Gasteiger partial charge in [-0.05, 0) is 30.7 Å². The molecular formula is C14H13N3O2S. The van der Waals surface area contributed by atoms with E-state index in [-0.39, 0.29) is 0 Å². The van der Waals surface area contributed by atoms with Gasteiger partial charge in [0.15, 0.2) is 17.2 Å². The maximum atomic E-state index is 5.44. The summed E-state index contributed by atoms with van der Waals surface area (Å²) in [7, 11) is 0. The number of nitrogens with zero attached hydrogens (tertiary/aromatic N) is 3. The molecule has 0 bridgehead atoms. The van der Waals surface area contributed by atoms with Crippen LogP contribution in [0, 0.1) is 0 Å². The first-order valence-electron chi connectivity index (χ1n) is 6.33. The van der Waals surface area contributed by atoms with Gasteiger partial charge in [-0.15, -0.1) is 10.2 Å². The molecule has 0 fully saturated rings. The van der Waals surface area contributed by atoms with E-state index in [1.54, 1.807) is 24.3 Å². The van der Waals surface area contributed by atoms with Crippen LogP contribution < -0.4 is 0 Å². The van der Waals surface area contributed by atoms with Gasteiger partial charge in [-0.25, -0.2) is 4.98 Å². The lowest BCUT2D eigenvalue weighted by atomic mass is 10.2. The Bertz CT molecular complexity index is 666. The van der Waals surface area contributed by atoms with Crippen LogP contribution >= 0.6 is 11.8 Å². The fraction of sp³-hybridized carbons (Fsp3) is 0.214. The molecule has 20 heavy (non-hydrogen) atoms. The molecule has 0 aliphatic rings. The van der Waals surface area contributed by atoms with Crippen LogP contribution in [0.5, 0.6) is 0 Å². The van der Waals surface area contributed by atoms with Crippen molar-refractivity contribution in [2.75, 3.05) is 5.75 Å². The molecule has 6 heteroatoms. The van der Waals surface area contributed by atoms with Crippen LogP contribution in [0.15, 0.2) is 50.8 Å². The molecule has 102 valence electrons. The van der Waals surface area contributed by atoms with E-state index in [4.69, 9.17) is 8.83 Å². The highest BCUT2D eigenvalue weighted by molar-refractivity contribution is 7.99. The minimum atomic E-state index is 0.589. The molecule has 0 radical (unpaired) electrons. The molecule has 0 amide bonds. The van der Waals surface area contributed by atoms with Gasteiger partial charge in [0, 0.05) is 5.75 Å². The predicted octanol–water partition coefficient (Wildman–Crippen LogP) is 3.89. The van der Waals surface area contributed by atoms with E-state index in [1.807, 2.05) is 24.3 Å². The van der Waals surface area contributed by atoms with E-state index in [9.17, 15) is 0 Å². The molecule has 0 saturated carbocycles. The molecule has 0 aromatic carbocycles. The normalized spacial score (nSPS) is 10.8. The van der Waals surface area contributed by atoms with E-state index in [0.717, 1.165) is 12.2 Å². The second-order valence-electron chi connectivity index (χ2n) is 4.09. The zero-order valence-electron chi connectivity index (χ0n) is 10.9. The number of hydrogen-bond donors (Lipinski definition) is 0. The van der Waals surface area contributed by atoms with Gasteiger partial charge in [-0.2, -0.15) is 0 Å². The summed E-state index contributed by atoms with van der Waals surface area (Å²) >= 11 is 1.58. The van der Waals surface area contributed by atoms with E-state index < -0.39 is 0 Å². The number of thioether (sulfide) groups is 1. The molecule has 0 aliphatic carbocycles. The first-order valence-corrected chi connectivity index (χ1v) is 7.32. The van der Waals surface area contributed by atoms with Crippen LogP contribution in [-0.2, 0) is 0 Å². The van der Waals surface area contributed by atoms with Crippen molar-refractivity contribution in [3.8, 4) is 22.9 Å². The molecule has 3 rings (SSSR count). The number of aromatic nitrogens is 3. The maximum Gasteiger partial charge on any atom is 0.209 e. The summed E-state index contributed by atoms with van der Waals surface area (Å²) in [5.74, 6) is 2.24. The molecule has 0 atom stereocenters. The van der Waals surface area contributed by atoms with Crippen molar-refractivity contribution < 1.29 is 8.83 Å². The maximum absolute atomic E-state index is 5.44. The Morgan fingerprint density at radius 3 is 2.30 bits per heavy atom. The lowest BCUT2D eigenvalue weighted by Gasteiger charge is -2.04. The molecule has 0 unspecified atom stereocenters. The Morgan fingerprint density at radius 1 is 1.00 bits per heavy atom. The Balaban J connectivity index is 2.06. The zero-order chi connectivity index (χ0) is 13.8. The van der Waals surface area contributed by atoms with Crippen LogP contribution in [0.2, 0.25) is 0 Å². The van der Waals surface area contributed by atoms with Crippen molar-refractivity contribution in [3.05, 3.63) is 36.8 Å². The van der Waals surface area contributed by atoms with Crippen molar-refractivity contribution >= 4 is 11.8 Å². The highest BCUT2D eigenvalue weighted by Crippen LogP contribution is 2.30. The molecule has 0 aliphatic heterocycles. The molecule has 3 heterocycles. The van der Waals surface area contributed by atoms with Crippen molar-refractivity contribution in [1.29, 1.82) is 0 Å². The van der Waals surface area contributed by atoms with E-state index in [0.29, 0.717) is 28.1 Å². The van der Waals surface area contributed by atoms with Crippen LogP contribution in [0.1, 0.15) is 13.3 Å². The number of furan rings is 2. The number of hydrogen-bond acceptors (Lipinski definition) is 6. The van der Waals surface area contributed by atoms with Crippen molar-refractivity contribution in [2.45, 2.75) is 18.5 Å². The van der Waals surface area contributed by atoms with Crippen LogP contribution in [-0.4, -0.2) is 20.9 Å². The van der Waals surface area contributed by atoms with Gasteiger partial charge < -0.3 is 8.83 Å². The van der Waals surface area contributed by atoms with Gasteiger partial charge in [0.1, 0.15) is 5.69 Å². The van der Waals surface area contributed by atoms with Crippen molar-refractivity contribution in [3.63, 3.8) is 0 Å². The highest BCUT2D eigenvalue weighted by atomic mass is 32.2. The fourth-order valence-electron chi connectivity index (χ4n) is 1.73. The average molecular weight is 287 g/mol. The lowest BCUT2D eigenvalue weighted by molar-refractivity contribution is 0.567. The smallest absolute Gasteiger partial charge is 0.209 e. The first-order chi connectivity index (χ1) is 9.88. The van der Waals surface area contributed by atoms with E-state index >= 15 is 0 Å². The van der Waals surface area contributed by atoms with Gasteiger partial charge in [0.25, 0.3) is 0 Å². The molecule has 5 nitrogen and oxygen atoms in total. The average Bonchev–Trinajstić information content (AvgIpc) is 3.17. The summed E-state index contributed by atoms with van der Waals surface area (Å²) < 4.78 is 10.8. The summed E-state index contributed by atoms with van der Waals surface area (Å²) in [4.78, 5) is 4.54. The van der Waals surface area contributed by atoms with E-state index in [1.165, 1.54) is 0 Å². The lowest BCUT2D eigenvalue weighted by Crippen LogP contribution is -1.98. The van der Waals surface area contributed by atoms with Gasteiger partial charge >= 0.3 is 0 Å². The van der Waals surface area contributed by atoms with Gasteiger partial charge in [0.05, 0.1) is 12.5 Å². The minimum absolute atomic E-state index is 0.589. The first kappa shape index (κ1) is 12.9. The third-order valence-corrected chi connectivity index (χ3v) is 3.66. The molecule has 3 aromatic rings. The van der Waals surface area contributed by atoms with Gasteiger partial charge in [-0.3, -0.25) is 0 Å². The van der Waals surface area contributed by atoms with Crippen LogP contribution in [0.25, 0.3) is 22.9 Å². The molecule has 3 aromatic heterocycles. The summed E-state index contributed by atoms with van der Waals surface area (Å²) in [6, 6.07) is 7.31. The minimum Gasteiger partial charge on any atom is -0.463 e. The highest BCUT2D eigenvalue weighted by Gasteiger charge is 2.17. The SMILES string of the molecule is CCCSc1nnc(-c2ccco2)c(-c2ccco2)n1. The summed E-state index contributed by atoms with van der Waals surface area (Å²) in [6.07, 6.45) is 4.27. The van der Waals surface area contributed by atoms with Crippen LogP contribution in [0.4, 0.5) is 0 Å². The second-order valence-corrected chi connectivity index (χ2v) is 5.16. The standard InChI is InChI=1S/C14H13N3O2S/c1-2-9-20-14-15-12(10-5-3-7-18-10)13(16-17-14)11-6-4-8-19-11/h3-8H,2,9H2,1H3. The second kappa shape index (κ2) is 5.92. The summed E-state index contributed by atoms with van der Waals surface area (Å²) in [6.45, 7) is 2.12. The zero-order valence-corrected chi connectivity index (χ0v) is 11.8. The Kier molecular flexibility index (Phi) is 3.83. The Morgan fingerprint density at radius 2 is 1.70 bits per heavy atom. The largest absolute Gasteiger partial charge is 0.463 e. The Labute approximate surface area is 120 Å². The molecular weight excluding hydrogens is 274 g/mol. The Hall–Kier alpha value is -2.08. The summed E-state index contributed by atoms with van der Waals surface area (Å²) in [5, 5.41) is 9.03. The third-order valence-electron chi connectivity index (χ3n) is 2.61. The van der Waals surface area contributed by atoms with E-state index in [2.05, 4.69) is 22.1 Å². The topological polar surface area (TPSA) is 65.0 Å². The van der Waals surface area contributed by atoms with Crippen molar-refractivity contribution in [2.24, 2.45) is 0 Å². The van der Waals surface area contributed by atoms with Gasteiger partial charge in [-0.1, -0.05) is 18.7 Å². The number of rotatable bonds is 5. The third kappa shape index (κ3) is 2.60. The molecule has 0 spiro atoms. The molecule has 0 N–H and O–H groups in total. The van der Waals surface area contributed by atoms with Gasteiger partial charge in [0.2, 0.25) is 5.16 Å². The van der Waals surface area contributed by atoms with Crippen molar-refractivity contribution in [1.82, 2.24) is 15.2 Å². The molecule has 0 saturated heterocycles. The predicted molar refractivity (Wildman–Crippen MR) is 76.2 cm³/mol. The van der Waals surface area contributed by atoms with Crippen LogP contribution in [0.3, 0.4) is 0 Å². The fourth-order valence-corrected chi connectivity index (χ4v) is 2.37. The quantitative estimate of drug-likeness (QED) is 0.663. The summed E-state index contributed by atoms with van der Waals surface area (Å²) in [5.41, 5.74) is 1.24. The monoisotopic (exact) mass is 287 g/mol.